The summed E-state index contributed by atoms with van der Waals surface area (Å²) in [6, 6.07) is 3.70. The van der Waals surface area contributed by atoms with Gasteiger partial charge >= 0.3 is 5.97 Å². The van der Waals surface area contributed by atoms with Crippen LogP contribution in [0.15, 0.2) is 16.5 Å². The van der Waals surface area contributed by atoms with Crippen molar-refractivity contribution in [2.24, 2.45) is 7.05 Å². The standard InChI is InChI=1S/C12H14N2O3/c1-7-4-5-10(17-7)12-8(2)9(6-11(15)16)14(3)13-12/h4-5H,6H2,1-3H3,(H,15,16). The summed E-state index contributed by atoms with van der Waals surface area (Å²) in [6.45, 7) is 3.72. The van der Waals surface area contributed by atoms with Gasteiger partial charge in [-0.25, -0.2) is 0 Å². The van der Waals surface area contributed by atoms with Crippen LogP contribution in [0.25, 0.3) is 11.5 Å². The largest absolute Gasteiger partial charge is 0.481 e. The van der Waals surface area contributed by atoms with E-state index in [1.165, 1.54) is 0 Å². The van der Waals surface area contributed by atoms with E-state index in [0.29, 0.717) is 17.1 Å². The SMILES string of the molecule is Cc1ccc(-c2nn(C)c(CC(=O)O)c2C)o1. The number of aliphatic carboxylic acids is 1. The first kappa shape index (κ1) is 11.4. The minimum atomic E-state index is -0.863. The van der Waals surface area contributed by atoms with E-state index in [0.717, 1.165) is 11.3 Å². The van der Waals surface area contributed by atoms with Crippen molar-refractivity contribution in [3.8, 4) is 11.5 Å². The molecule has 2 rings (SSSR count). The van der Waals surface area contributed by atoms with Gasteiger partial charge in [0.2, 0.25) is 0 Å². The van der Waals surface area contributed by atoms with Gasteiger partial charge in [0.1, 0.15) is 11.5 Å². The van der Waals surface area contributed by atoms with Gasteiger partial charge < -0.3 is 9.52 Å². The number of hydrogen-bond donors (Lipinski definition) is 1. The molecule has 0 aliphatic carbocycles. The summed E-state index contributed by atoms with van der Waals surface area (Å²) in [5, 5.41) is 13.1. The van der Waals surface area contributed by atoms with Crippen LogP contribution in [0.1, 0.15) is 17.0 Å². The molecule has 0 saturated carbocycles. The van der Waals surface area contributed by atoms with Crippen molar-refractivity contribution in [3.05, 3.63) is 29.2 Å². The predicted octanol–water partition coefficient (Wildman–Crippen LogP) is 1.92. The molecule has 0 radical (unpaired) electrons. The van der Waals surface area contributed by atoms with Crippen molar-refractivity contribution in [1.82, 2.24) is 9.78 Å². The van der Waals surface area contributed by atoms with Crippen LogP contribution >= 0.6 is 0 Å². The zero-order chi connectivity index (χ0) is 12.6. The summed E-state index contributed by atoms with van der Waals surface area (Å²) in [4.78, 5) is 10.8. The molecular weight excluding hydrogens is 220 g/mol. The Bertz CT molecular complexity index is 566. The van der Waals surface area contributed by atoms with E-state index < -0.39 is 5.97 Å². The normalized spacial score (nSPS) is 10.8. The third-order valence-electron chi connectivity index (χ3n) is 2.72. The van der Waals surface area contributed by atoms with E-state index in [2.05, 4.69) is 5.10 Å². The molecule has 2 heterocycles. The molecule has 0 aliphatic heterocycles. The number of furan rings is 1. The average Bonchev–Trinajstić information content (AvgIpc) is 2.76. The number of hydrogen-bond acceptors (Lipinski definition) is 3. The molecule has 0 amide bonds. The molecule has 0 bridgehead atoms. The van der Waals surface area contributed by atoms with Crippen LogP contribution in [-0.4, -0.2) is 20.9 Å². The maximum absolute atomic E-state index is 10.8. The summed E-state index contributed by atoms with van der Waals surface area (Å²) < 4.78 is 7.09. The highest BCUT2D eigenvalue weighted by molar-refractivity contribution is 5.71. The number of carbonyl (C=O) groups is 1. The summed E-state index contributed by atoms with van der Waals surface area (Å²) >= 11 is 0. The molecule has 0 atom stereocenters. The Morgan fingerprint density at radius 2 is 2.18 bits per heavy atom. The fourth-order valence-corrected chi connectivity index (χ4v) is 1.85. The molecule has 5 nitrogen and oxygen atoms in total. The number of aryl methyl sites for hydroxylation is 2. The molecule has 1 N–H and O–H groups in total. The van der Waals surface area contributed by atoms with E-state index in [-0.39, 0.29) is 6.42 Å². The molecule has 0 aromatic carbocycles. The number of carboxylic acids is 1. The van der Waals surface area contributed by atoms with Crippen molar-refractivity contribution in [1.29, 1.82) is 0 Å². The lowest BCUT2D eigenvalue weighted by Gasteiger charge is -1.98. The van der Waals surface area contributed by atoms with E-state index in [1.807, 2.05) is 26.0 Å². The van der Waals surface area contributed by atoms with Gasteiger partial charge in [0.05, 0.1) is 12.1 Å². The quantitative estimate of drug-likeness (QED) is 0.881. The molecule has 0 saturated heterocycles. The van der Waals surface area contributed by atoms with Crippen molar-refractivity contribution in [2.75, 3.05) is 0 Å². The minimum Gasteiger partial charge on any atom is -0.481 e. The van der Waals surface area contributed by atoms with Crippen LogP contribution in [0.3, 0.4) is 0 Å². The minimum absolute atomic E-state index is 0.0327. The Kier molecular flexibility index (Phi) is 2.75. The smallest absolute Gasteiger partial charge is 0.309 e. The number of nitrogens with zero attached hydrogens (tertiary/aromatic N) is 2. The van der Waals surface area contributed by atoms with Crippen LogP contribution in [0, 0.1) is 13.8 Å². The topological polar surface area (TPSA) is 68.3 Å². The zero-order valence-corrected chi connectivity index (χ0v) is 10.0. The third-order valence-corrected chi connectivity index (χ3v) is 2.72. The van der Waals surface area contributed by atoms with Crippen molar-refractivity contribution in [3.63, 3.8) is 0 Å². The van der Waals surface area contributed by atoms with Gasteiger partial charge in [-0.2, -0.15) is 5.10 Å². The van der Waals surface area contributed by atoms with Gasteiger partial charge in [-0.3, -0.25) is 9.48 Å². The Hall–Kier alpha value is -2.04. The highest BCUT2D eigenvalue weighted by Crippen LogP contribution is 2.26. The monoisotopic (exact) mass is 234 g/mol. The Balaban J connectivity index is 2.47. The number of carboxylic acid groups (broad SMARTS) is 1. The van der Waals surface area contributed by atoms with Crippen LogP contribution in [0.2, 0.25) is 0 Å². The number of rotatable bonds is 3. The summed E-state index contributed by atoms with van der Waals surface area (Å²) in [5.74, 6) is 0.621. The maximum Gasteiger partial charge on any atom is 0.309 e. The van der Waals surface area contributed by atoms with Gasteiger partial charge in [0.15, 0.2) is 5.76 Å². The van der Waals surface area contributed by atoms with Crippen molar-refractivity contribution >= 4 is 5.97 Å². The highest BCUT2D eigenvalue weighted by atomic mass is 16.4. The first-order chi connectivity index (χ1) is 7.99. The molecule has 0 fully saturated rings. The highest BCUT2D eigenvalue weighted by Gasteiger charge is 2.17. The van der Waals surface area contributed by atoms with E-state index in [4.69, 9.17) is 9.52 Å². The molecule has 0 aliphatic rings. The molecule has 5 heteroatoms. The second-order valence-electron chi connectivity index (χ2n) is 4.02. The molecule has 2 aromatic rings. The van der Waals surface area contributed by atoms with E-state index in [1.54, 1.807) is 11.7 Å². The van der Waals surface area contributed by atoms with Gasteiger partial charge in [0, 0.05) is 12.6 Å². The fourth-order valence-electron chi connectivity index (χ4n) is 1.85. The Morgan fingerprint density at radius 1 is 1.47 bits per heavy atom. The lowest BCUT2D eigenvalue weighted by Crippen LogP contribution is -2.06. The van der Waals surface area contributed by atoms with E-state index >= 15 is 0 Å². The molecule has 0 unspecified atom stereocenters. The molecule has 0 spiro atoms. The lowest BCUT2D eigenvalue weighted by molar-refractivity contribution is -0.136. The Morgan fingerprint density at radius 3 is 2.71 bits per heavy atom. The first-order valence-electron chi connectivity index (χ1n) is 5.30. The molecule has 90 valence electrons. The van der Waals surface area contributed by atoms with Gasteiger partial charge in [-0.15, -0.1) is 0 Å². The third kappa shape index (κ3) is 2.08. The molecule has 2 aromatic heterocycles. The van der Waals surface area contributed by atoms with Crippen LogP contribution in [-0.2, 0) is 18.3 Å². The average molecular weight is 234 g/mol. The maximum atomic E-state index is 10.8. The second-order valence-corrected chi connectivity index (χ2v) is 4.02. The number of aromatic nitrogens is 2. The van der Waals surface area contributed by atoms with Crippen LogP contribution in [0.5, 0.6) is 0 Å². The van der Waals surface area contributed by atoms with Crippen LogP contribution in [0.4, 0.5) is 0 Å². The summed E-state index contributed by atoms with van der Waals surface area (Å²) in [5.41, 5.74) is 2.25. The van der Waals surface area contributed by atoms with E-state index in [9.17, 15) is 4.79 Å². The lowest BCUT2D eigenvalue weighted by atomic mass is 10.1. The van der Waals surface area contributed by atoms with Crippen molar-refractivity contribution in [2.45, 2.75) is 20.3 Å². The first-order valence-corrected chi connectivity index (χ1v) is 5.30. The van der Waals surface area contributed by atoms with Gasteiger partial charge in [-0.1, -0.05) is 0 Å². The van der Waals surface area contributed by atoms with Gasteiger partial charge in [0.25, 0.3) is 0 Å². The van der Waals surface area contributed by atoms with Crippen LogP contribution < -0.4 is 0 Å². The predicted molar refractivity (Wildman–Crippen MR) is 61.7 cm³/mol. The Labute approximate surface area is 98.7 Å². The summed E-state index contributed by atoms with van der Waals surface area (Å²) in [7, 11) is 1.74. The zero-order valence-electron chi connectivity index (χ0n) is 10.0. The molecule has 17 heavy (non-hydrogen) atoms. The molecular formula is C12H14N2O3. The fraction of sp³-hybridized carbons (Fsp3) is 0.333. The van der Waals surface area contributed by atoms with Gasteiger partial charge in [-0.05, 0) is 26.0 Å². The van der Waals surface area contributed by atoms with Crippen molar-refractivity contribution < 1.29 is 14.3 Å². The second kappa shape index (κ2) is 4.08. The summed E-state index contributed by atoms with van der Waals surface area (Å²) in [6.07, 6.45) is -0.0327.